The molecule has 2 heterocycles. The van der Waals surface area contributed by atoms with Crippen LogP contribution in [0.5, 0.6) is 0 Å². The smallest absolute Gasteiger partial charge is 0.357 e. The van der Waals surface area contributed by atoms with Gasteiger partial charge in [-0.3, -0.25) is 14.5 Å². The Kier molecular flexibility index (Phi) is 7.84. The van der Waals surface area contributed by atoms with Crippen LogP contribution in [-0.4, -0.2) is 50.9 Å². The van der Waals surface area contributed by atoms with Crippen LogP contribution in [0.2, 0.25) is 0 Å². The Morgan fingerprint density at radius 3 is 2.70 bits per heavy atom. The largest absolute Gasteiger partial charge is 0.457 e. The van der Waals surface area contributed by atoms with Crippen molar-refractivity contribution in [2.75, 3.05) is 18.2 Å². The van der Waals surface area contributed by atoms with E-state index in [1.807, 2.05) is 6.92 Å². The van der Waals surface area contributed by atoms with Crippen molar-refractivity contribution in [2.45, 2.75) is 23.7 Å². The monoisotopic (exact) mass is 473 g/mol. The average Bonchev–Trinajstić information content (AvgIpc) is 2.94. The van der Waals surface area contributed by atoms with Gasteiger partial charge in [-0.15, -0.1) is 23.4 Å². The van der Waals surface area contributed by atoms with Crippen LogP contribution in [0.25, 0.3) is 0 Å². The number of β-lactam (4-membered cyclic amide) rings is 1. The molecule has 0 aromatic heterocycles. The number of rotatable bonds is 9. The minimum absolute atomic E-state index is 0.0435. The lowest BCUT2D eigenvalue weighted by atomic mass is 9.85. The summed E-state index contributed by atoms with van der Waals surface area (Å²) in [5.74, 6) is -2.74. The van der Waals surface area contributed by atoms with Gasteiger partial charge in [0.05, 0.1) is 22.0 Å². The first kappa shape index (κ1) is 22.7. The van der Waals surface area contributed by atoms with Crippen molar-refractivity contribution in [3.8, 4) is 0 Å². The van der Waals surface area contributed by atoms with E-state index >= 15 is 0 Å². The number of carbonyl (C=O) groups is 3. The number of hydrogen-bond acceptors (Lipinski definition) is 7. The highest BCUT2D eigenvalue weighted by Gasteiger charge is 2.59. The van der Waals surface area contributed by atoms with Gasteiger partial charge in [-0.1, -0.05) is 61.5 Å². The molecule has 2 rings (SSSR count). The predicted molar refractivity (Wildman–Crippen MR) is 108 cm³/mol. The van der Waals surface area contributed by atoms with Gasteiger partial charge >= 0.3 is 11.9 Å². The SMILES string of the molecule is C=CCOC(=O)C1=C(SCC)S[C@@H]2[C@H](C(C)C(=O)OC(Cl)(Cl)CCl)C(=O)N12. The van der Waals surface area contributed by atoms with Gasteiger partial charge in [-0.05, 0) is 5.75 Å². The summed E-state index contributed by atoms with van der Waals surface area (Å²) in [7, 11) is 0. The number of alkyl halides is 3. The third-order valence-electron chi connectivity index (χ3n) is 3.86. The summed E-state index contributed by atoms with van der Waals surface area (Å²) in [6, 6.07) is 0. The summed E-state index contributed by atoms with van der Waals surface area (Å²) in [5, 5.41) is -0.392. The van der Waals surface area contributed by atoms with Gasteiger partial charge in [0, 0.05) is 0 Å². The van der Waals surface area contributed by atoms with E-state index < -0.39 is 33.7 Å². The number of halogens is 3. The van der Waals surface area contributed by atoms with E-state index in [4.69, 9.17) is 44.3 Å². The molecule has 150 valence electrons. The van der Waals surface area contributed by atoms with Gasteiger partial charge in [0.25, 0.3) is 4.52 Å². The molecule has 0 spiro atoms. The molecule has 0 saturated carbocycles. The molecule has 6 nitrogen and oxygen atoms in total. The van der Waals surface area contributed by atoms with Gasteiger partial charge in [0.15, 0.2) is 5.70 Å². The number of ether oxygens (including phenoxy) is 2. The average molecular weight is 475 g/mol. The zero-order valence-corrected chi connectivity index (χ0v) is 18.5. The number of hydrogen-bond donors (Lipinski definition) is 0. The normalized spacial score (nSPS) is 22.9. The predicted octanol–water partition coefficient (Wildman–Crippen LogP) is 3.72. The summed E-state index contributed by atoms with van der Waals surface area (Å²) in [6.07, 6.45) is 1.45. The highest BCUT2D eigenvalue weighted by Crippen LogP contribution is 2.55. The van der Waals surface area contributed by atoms with Crippen molar-refractivity contribution in [3.05, 3.63) is 22.6 Å². The van der Waals surface area contributed by atoms with Gasteiger partial charge in [0.1, 0.15) is 12.0 Å². The lowest BCUT2D eigenvalue weighted by Gasteiger charge is -2.44. The van der Waals surface area contributed by atoms with Crippen LogP contribution in [0.3, 0.4) is 0 Å². The standard InChI is InChI=1S/C16H18Cl3NO5S2/c1-4-6-24-14(23)10-15(26-5-2)27-12-9(11(21)20(10)12)8(3)13(22)25-16(18,19)7-17/h4,8-9,12H,1,5-7H2,2-3H3/t8?,9-,12-/m1/s1. The lowest BCUT2D eigenvalue weighted by Crippen LogP contribution is -2.60. The maximum absolute atomic E-state index is 12.7. The summed E-state index contributed by atoms with van der Waals surface area (Å²) in [5.41, 5.74) is 0.213. The van der Waals surface area contributed by atoms with Crippen LogP contribution >= 0.6 is 58.3 Å². The lowest BCUT2D eigenvalue weighted by molar-refractivity contribution is -0.165. The maximum Gasteiger partial charge on any atom is 0.357 e. The van der Waals surface area contributed by atoms with Crippen molar-refractivity contribution < 1.29 is 23.9 Å². The van der Waals surface area contributed by atoms with E-state index in [1.54, 1.807) is 6.92 Å². The van der Waals surface area contributed by atoms with E-state index in [9.17, 15) is 14.4 Å². The summed E-state index contributed by atoms with van der Waals surface area (Å²) < 4.78 is 8.90. The molecule has 0 bridgehead atoms. The summed E-state index contributed by atoms with van der Waals surface area (Å²) >= 11 is 19.9. The number of carbonyl (C=O) groups excluding carboxylic acids is 3. The molecular weight excluding hydrogens is 457 g/mol. The van der Waals surface area contributed by atoms with Crippen molar-refractivity contribution in [3.63, 3.8) is 0 Å². The topological polar surface area (TPSA) is 72.9 Å². The Morgan fingerprint density at radius 2 is 2.15 bits per heavy atom. The third-order valence-corrected chi connectivity index (χ3v) is 7.47. The first-order chi connectivity index (χ1) is 12.7. The van der Waals surface area contributed by atoms with Crippen molar-refractivity contribution >= 4 is 76.2 Å². The molecule has 11 heteroatoms. The minimum atomic E-state index is -1.86. The number of thioether (sulfide) groups is 2. The third kappa shape index (κ3) is 4.72. The van der Waals surface area contributed by atoms with E-state index in [0.717, 1.165) is 0 Å². The van der Waals surface area contributed by atoms with E-state index in [1.165, 1.54) is 34.5 Å². The number of nitrogens with zero attached hydrogens (tertiary/aromatic N) is 1. The molecule has 0 radical (unpaired) electrons. The first-order valence-electron chi connectivity index (χ1n) is 8.00. The number of esters is 2. The molecule has 1 saturated heterocycles. The zero-order valence-electron chi connectivity index (χ0n) is 14.6. The second-order valence-electron chi connectivity index (χ2n) is 5.68. The first-order valence-corrected chi connectivity index (χ1v) is 11.2. The molecule has 2 aliphatic rings. The molecule has 0 N–H and O–H groups in total. The zero-order chi connectivity index (χ0) is 20.4. The van der Waals surface area contributed by atoms with Crippen molar-refractivity contribution in [2.24, 2.45) is 11.8 Å². The van der Waals surface area contributed by atoms with Crippen LogP contribution in [0, 0.1) is 11.8 Å². The van der Waals surface area contributed by atoms with Gasteiger partial charge < -0.3 is 9.47 Å². The summed E-state index contributed by atoms with van der Waals surface area (Å²) in [6.45, 7) is 7.04. The molecule has 0 aromatic rings. The molecular formula is C16H18Cl3NO5S2. The molecule has 1 unspecified atom stereocenters. The second-order valence-corrected chi connectivity index (χ2v) is 10.0. The van der Waals surface area contributed by atoms with Crippen LogP contribution in [0.15, 0.2) is 22.6 Å². The fourth-order valence-corrected chi connectivity index (χ4v) is 5.64. The van der Waals surface area contributed by atoms with E-state index in [2.05, 4.69) is 6.58 Å². The molecule has 1 amide bonds. The van der Waals surface area contributed by atoms with Crippen LogP contribution in [-0.2, 0) is 23.9 Å². The van der Waals surface area contributed by atoms with Crippen LogP contribution < -0.4 is 0 Å². The highest BCUT2D eigenvalue weighted by atomic mass is 35.5. The molecule has 0 aromatic carbocycles. The molecule has 2 aliphatic heterocycles. The fourth-order valence-electron chi connectivity index (χ4n) is 2.61. The Hall–Kier alpha value is -0.540. The minimum Gasteiger partial charge on any atom is -0.457 e. The fraction of sp³-hybridized carbons (Fsp3) is 0.562. The Bertz CT molecular complexity index is 685. The second kappa shape index (κ2) is 9.31. The molecule has 27 heavy (non-hydrogen) atoms. The van der Waals surface area contributed by atoms with Crippen molar-refractivity contribution in [1.82, 2.24) is 4.90 Å². The Labute approximate surface area is 180 Å². The quantitative estimate of drug-likeness (QED) is 0.218. The Morgan fingerprint density at radius 1 is 1.48 bits per heavy atom. The molecule has 0 aliphatic carbocycles. The Balaban J connectivity index is 2.15. The van der Waals surface area contributed by atoms with Gasteiger partial charge in [0.2, 0.25) is 5.91 Å². The molecule has 3 atom stereocenters. The highest BCUT2D eigenvalue weighted by molar-refractivity contribution is 8.22. The maximum atomic E-state index is 12.7. The molecule has 1 fully saturated rings. The number of fused-ring (bicyclic) bond motifs is 1. The van der Waals surface area contributed by atoms with Crippen LogP contribution in [0.1, 0.15) is 13.8 Å². The van der Waals surface area contributed by atoms with E-state index in [0.29, 0.717) is 9.99 Å². The number of amides is 1. The van der Waals surface area contributed by atoms with Gasteiger partial charge in [-0.25, -0.2) is 4.79 Å². The van der Waals surface area contributed by atoms with Gasteiger partial charge in [-0.2, -0.15) is 0 Å². The van der Waals surface area contributed by atoms with Crippen molar-refractivity contribution in [1.29, 1.82) is 0 Å². The summed E-state index contributed by atoms with van der Waals surface area (Å²) in [4.78, 5) is 38.7. The van der Waals surface area contributed by atoms with E-state index in [-0.39, 0.29) is 24.1 Å². The van der Waals surface area contributed by atoms with Crippen LogP contribution in [0.4, 0.5) is 0 Å².